The van der Waals surface area contributed by atoms with Gasteiger partial charge in [-0.2, -0.15) is 0 Å². The lowest BCUT2D eigenvalue weighted by molar-refractivity contribution is 0.0694. The molecule has 176 valence electrons. The number of aromatic nitrogens is 1. The zero-order chi connectivity index (χ0) is 24.3. The maximum Gasteiger partial charge on any atom is 0.341 e. The molecule has 9 heteroatoms. The van der Waals surface area contributed by atoms with Crippen molar-refractivity contribution >= 4 is 28.5 Å². The van der Waals surface area contributed by atoms with Gasteiger partial charge in [-0.3, -0.25) is 4.79 Å². The highest BCUT2D eigenvalue weighted by atomic mass is 35.5. The summed E-state index contributed by atoms with van der Waals surface area (Å²) in [6, 6.07) is 7.17. The molecule has 3 aromatic rings. The topological polar surface area (TPSA) is 109 Å². The van der Waals surface area contributed by atoms with Crippen molar-refractivity contribution < 1.29 is 29.2 Å². The number of nitrogens with zero attached hydrogens (tertiary/aromatic N) is 1. The summed E-state index contributed by atoms with van der Waals surface area (Å²) in [6.45, 7) is 3.04. The van der Waals surface area contributed by atoms with Crippen LogP contribution in [0, 0.1) is 11.7 Å². The maximum atomic E-state index is 14.5. The van der Waals surface area contributed by atoms with Gasteiger partial charge in [0, 0.05) is 12.6 Å². The second-order valence-electron chi connectivity index (χ2n) is 8.03. The van der Waals surface area contributed by atoms with Crippen LogP contribution < -0.4 is 10.2 Å². The summed E-state index contributed by atoms with van der Waals surface area (Å²) in [6.07, 6.45) is 1.28. The van der Waals surface area contributed by atoms with E-state index in [4.69, 9.17) is 16.3 Å². The highest BCUT2D eigenvalue weighted by molar-refractivity contribution is 6.30. The van der Waals surface area contributed by atoms with Crippen LogP contribution in [-0.2, 0) is 6.42 Å². The lowest BCUT2D eigenvalue weighted by atomic mass is 9.98. The Balaban J connectivity index is 2.35. The Labute approximate surface area is 194 Å². The molecule has 0 bridgehead atoms. The summed E-state index contributed by atoms with van der Waals surface area (Å²) in [5.41, 5.74) is -0.105. The first-order valence-electron chi connectivity index (χ1n) is 10.4. The van der Waals surface area contributed by atoms with Crippen LogP contribution in [0.3, 0.4) is 0 Å². The van der Waals surface area contributed by atoms with Gasteiger partial charge in [0.1, 0.15) is 23.7 Å². The van der Waals surface area contributed by atoms with Gasteiger partial charge < -0.3 is 24.6 Å². The number of carboxylic acids is 1. The number of hydrogen-bond acceptors (Lipinski definition) is 5. The van der Waals surface area contributed by atoms with Crippen LogP contribution in [0.5, 0.6) is 5.75 Å². The molecule has 0 saturated heterocycles. The van der Waals surface area contributed by atoms with Crippen molar-refractivity contribution in [3.05, 3.63) is 74.3 Å². The molecule has 3 rings (SSSR count). The predicted molar refractivity (Wildman–Crippen MR) is 123 cm³/mol. The first-order chi connectivity index (χ1) is 15.7. The third-order valence-corrected chi connectivity index (χ3v) is 5.76. The van der Waals surface area contributed by atoms with E-state index in [-0.39, 0.29) is 48.3 Å². The number of carboxylic acid groups (broad SMARTS) is 1. The Bertz CT molecular complexity index is 1240. The SMILES string of the molecule is CC(C)[C@@H](CO)n1cc(C(=O)O)c(=O)c2cc(Cc3cccc(Cl)c3F)cc(OCCO)c21. The summed E-state index contributed by atoms with van der Waals surface area (Å²) < 4.78 is 21.7. The molecule has 0 aliphatic heterocycles. The average molecular weight is 478 g/mol. The van der Waals surface area contributed by atoms with Gasteiger partial charge in [0.25, 0.3) is 0 Å². The van der Waals surface area contributed by atoms with Crippen LogP contribution in [0.15, 0.2) is 41.3 Å². The number of pyridine rings is 1. The third kappa shape index (κ3) is 5.03. The van der Waals surface area contributed by atoms with Gasteiger partial charge in [0.2, 0.25) is 5.43 Å². The molecule has 2 aromatic carbocycles. The molecule has 33 heavy (non-hydrogen) atoms. The maximum absolute atomic E-state index is 14.5. The summed E-state index contributed by atoms with van der Waals surface area (Å²) in [5.74, 6) is -1.88. The molecular weight excluding hydrogens is 453 g/mol. The van der Waals surface area contributed by atoms with E-state index < -0.39 is 28.8 Å². The van der Waals surface area contributed by atoms with E-state index in [1.165, 1.54) is 22.9 Å². The van der Waals surface area contributed by atoms with Gasteiger partial charge in [-0.05, 0) is 35.2 Å². The van der Waals surface area contributed by atoms with Gasteiger partial charge in [-0.25, -0.2) is 9.18 Å². The van der Waals surface area contributed by atoms with Crippen molar-refractivity contribution in [3.8, 4) is 5.75 Å². The monoisotopic (exact) mass is 477 g/mol. The van der Waals surface area contributed by atoms with E-state index in [0.717, 1.165) is 0 Å². The number of benzene rings is 2. The molecule has 1 atom stereocenters. The van der Waals surface area contributed by atoms with Gasteiger partial charge in [0.15, 0.2) is 0 Å². The highest BCUT2D eigenvalue weighted by Gasteiger charge is 2.24. The molecule has 0 fully saturated rings. The Morgan fingerprint density at radius 3 is 2.58 bits per heavy atom. The second kappa shape index (κ2) is 10.3. The van der Waals surface area contributed by atoms with Crippen LogP contribution in [-0.4, -0.2) is 45.7 Å². The molecule has 0 saturated carbocycles. The smallest absolute Gasteiger partial charge is 0.341 e. The molecule has 3 N–H and O–H groups in total. The van der Waals surface area contributed by atoms with Crippen LogP contribution >= 0.6 is 11.6 Å². The van der Waals surface area contributed by atoms with Crippen molar-refractivity contribution in [2.45, 2.75) is 26.3 Å². The molecule has 0 amide bonds. The van der Waals surface area contributed by atoms with Crippen LogP contribution in [0.4, 0.5) is 4.39 Å². The summed E-state index contributed by atoms with van der Waals surface area (Å²) in [4.78, 5) is 24.9. The minimum atomic E-state index is -1.40. The number of aromatic carboxylic acids is 1. The Hall–Kier alpha value is -2.94. The lowest BCUT2D eigenvalue weighted by Crippen LogP contribution is -2.26. The van der Waals surface area contributed by atoms with E-state index in [1.54, 1.807) is 18.2 Å². The summed E-state index contributed by atoms with van der Waals surface area (Å²) >= 11 is 5.89. The van der Waals surface area contributed by atoms with Crippen LogP contribution in [0.25, 0.3) is 10.9 Å². The molecular formula is C24H25ClFNO6. The molecule has 0 radical (unpaired) electrons. The normalized spacial score (nSPS) is 12.3. The van der Waals surface area contributed by atoms with E-state index >= 15 is 0 Å². The minimum Gasteiger partial charge on any atom is -0.489 e. The third-order valence-electron chi connectivity index (χ3n) is 5.47. The van der Waals surface area contributed by atoms with Crippen LogP contribution in [0.2, 0.25) is 5.02 Å². The lowest BCUT2D eigenvalue weighted by Gasteiger charge is -2.26. The van der Waals surface area contributed by atoms with Crippen molar-refractivity contribution in [2.24, 2.45) is 5.92 Å². The molecule has 0 spiro atoms. The Morgan fingerprint density at radius 1 is 1.24 bits per heavy atom. The zero-order valence-electron chi connectivity index (χ0n) is 18.2. The average Bonchev–Trinajstić information content (AvgIpc) is 2.76. The second-order valence-corrected chi connectivity index (χ2v) is 8.44. The number of ether oxygens (including phenoxy) is 1. The van der Waals surface area contributed by atoms with E-state index in [0.29, 0.717) is 16.6 Å². The Kier molecular flexibility index (Phi) is 7.73. The quantitative estimate of drug-likeness (QED) is 0.434. The molecule has 1 aromatic heterocycles. The number of hydrogen-bond donors (Lipinski definition) is 3. The van der Waals surface area contributed by atoms with Gasteiger partial charge in [-0.15, -0.1) is 0 Å². The molecule has 0 aliphatic carbocycles. The fourth-order valence-corrected chi connectivity index (χ4v) is 4.01. The van der Waals surface area contributed by atoms with Crippen molar-refractivity contribution in [2.75, 3.05) is 19.8 Å². The summed E-state index contributed by atoms with van der Waals surface area (Å²) in [7, 11) is 0. The van der Waals surface area contributed by atoms with E-state index in [9.17, 15) is 29.3 Å². The van der Waals surface area contributed by atoms with E-state index in [2.05, 4.69) is 0 Å². The Morgan fingerprint density at radius 2 is 1.97 bits per heavy atom. The number of fused-ring (bicyclic) bond motifs is 1. The first-order valence-corrected chi connectivity index (χ1v) is 10.8. The fourth-order valence-electron chi connectivity index (χ4n) is 3.82. The first kappa shape index (κ1) is 24.7. The number of halogens is 2. The van der Waals surface area contributed by atoms with Gasteiger partial charge in [0.05, 0.1) is 35.2 Å². The molecule has 1 heterocycles. The number of rotatable bonds is 9. The number of aliphatic hydroxyl groups is 2. The van der Waals surface area contributed by atoms with Crippen molar-refractivity contribution in [3.63, 3.8) is 0 Å². The van der Waals surface area contributed by atoms with Crippen molar-refractivity contribution in [1.82, 2.24) is 4.57 Å². The largest absolute Gasteiger partial charge is 0.489 e. The molecule has 7 nitrogen and oxygen atoms in total. The van der Waals surface area contributed by atoms with Crippen molar-refractivity contribution in [1.29, 1.82) is 0 Å². The molecule has 0 aliphatic rings. The fraction of sp³-hybridized carbons (Fsp3) is 0.333. The number of carbonyl (C=O) groups is 1. The molecule has 0 unspecified atom stereocenters. The minimum absolute atomic E-state index is 0.0386. The van der Waals surface area contributed by atoms with Crippen LogP contribution in [0.1, 0.15) is 41.4 Å². The zero-order valence-corrected chi connectivity index (χ0v) is 19.0. The van der Waals surface area contributed by atoms with Gasteiger partial charge in [-0.1, -0.05) is 37.6 Å². The predicted octanol–water partition coefficient (Wildman–Crippen LogP) is 3.64. The highest BCUT2D eigenvalue weighted by Crippen LogP contribution is 2.32. The van der Waals surface area contributed by atoms with Gasteiger partial charge >= 0.3 is 5.97 Å². The standard InChI is InChI=1S/C24H25ClFNO6/c1-13(2)19(12-29)27-11-17(24(31)32)23(30)16-9-14(10-20(22(16)27)33-7-6-28)8-15-4-3-5-18(25)21(15)26/h3-5,9-11,13,19,28-29H,6-8,12H2,1-2H3,(H,31,32)/t19-/m1/s1. The number of aliphatic hydroxyl groups excluding tert-OH is 2. The van der Waals surface area contributed by atoms with E-state index in [1.807, 2.05) is 13.8 Å². The summed E-state index contributed by atoms with van der Waals surface area (Å²) in [5, 5.41) is 28.9.